The number of likely N-dealkylation sites (N-methyl/N-ethyl adjacent to an activating group) is 1. The molecule has 0 saturated heterocycles. The van der Waals surface area contributed by atoms with Crippen molar-refractivity contribution in [1.29, 1.82) is 0 Å². The molecule has 0 aliphatic rings. The van der Waals surface area contributed by atoms with Crippen LogP contribution in [-0.4, -0.2) is 22.9 Å². The van der Waals surface area contributed by atoms with Gasteiger partial charge in [0.25, 0.3) is 0 Å². The van der Waals surface area contributed by atoms with E-state index in [1.165, 1.54) is 5.56 Å². The summed E-state index contributed by atoms with van der Waals surface area (Å²) in [5.41, 5.74) is 3.15. The summed E-state index contributed by atoms with van der Waals surface area (Å²) in [6.45, 7) is 7.86. The Labute approximate surface area is 119 Å². The van der Waals surface area contributed by atoms with Crippen LogP contribution in [0.5, 0.6) is 0 Å². The van der Waals surface area contributed by atoms with E-state index >= 15 is 0 Å². The van der Waals surface area contributed by atoms with Crippen LogP contribution in [-0.2, 0) is 0 Å². The molecule has 1 atom stereocenters. The van der Waals surface area contributed by atoms with Crippen LogP contribution >= 0.6 is 11.6 Å². The molecule has 1 N–H and O–H groups in total. The summed E-state index contributed by atoms with van der Waals surface area (Å²) in [7, 11) is 0. The number of benzene rings is 1. The fourth-order valence-corrected chi connectivity index (χ4v) is 2.37. The van der Waals surface area contributed by atoms with Crippen molar-refractivity contribution in [2.75, 3.05) is 13.1 Å². The average Bonchev–Trinajstić information content (AvgIpc) is 2.69. The maximum Gasteiger partial charge on any atom is 0.0896 e. The highest BCUT2D eigenvalue weighted by Crippen LogP contribution is 2.25. The van der Waals surface area contributed by atoms with E-state index < -0.39 is 0 Å². The average molecular weight is 278 g/mol. The van der Waals surface area contributed by atoms with E-state index in [4.69, 9.17) is 11.6 Å². The highest BCUT2D eigenvalue weighted by Gasteiger charge is 2.19. The monoisotopic (exact) mass is 277 g/mol. The molecule has 2 rings (SSSR count). The van der Waals surface area contributed by atoms with Gasteiger partial charge in [-0.2, -0.15) is 5.10 Å². The van der Waals surface area contributed by atoms with E-state index in [0.29, 0.717) is 0 Å². The molecule has 0 aliphatic heterocycles. The summed E-state index contributed by atoms with van der Waals surface area (Å²) < 4.78 is 2.02. The summed E-state index contributed by atoms with van der Waals surface area (Å²) in [6, 6.07) is 10.6. The third-order valence-corrected chi connectivity index (χ3v) is 3.85. The first-order chi connectivity index (χ1) is 9.15. The zero-order chi connectivity index (χ0) is 13.8. The molecule has 0 radical (unpaired) electrons. The lowest BCUT2D eigenvalue weighted by Crippen LogP contribution is -2.27. The largest absolute Gasteiger partial charge is 0.315 e. The molecule has 0 amide bonds. The molecule has 0 spiro atoms. The van der Waals surface area contributed by atoms with Crippen LogP contribution in [0.2, 0.25) is 5.02 Å². The normalized spacial score (nSPS) is 12.6. The molecule has 1 aromatic carbocycles. The molecule has 0 bridgehead atoms. The lowest BCUT2D eigenvalue weighted by atomic mass is 10.1. The smallest absolute Gasteiger partial charge is 0.0896 e. The third-order valence-electron chi connectivity index (χ3n) is 3.30. The molecule has 1 unspecified atom stereocenters. The van der Waals surface area contributed by atoms with Crippen molar-refractivity contribution in [2.45, 2.75) is 26.8 Å². The van der Waals surface area contributed by atoms with Crippen LogP contribution in [0, 0.1) is 13.8 Å². The standard InChI is InChI=1S/C15H20ClN3/c1-4-17-10-14(13-8-6-5-7-9-13)19-12(3)15(16)11(2)18-19/h5-9,14,17H,4,10H2,1-3H3. The Morgan fingerprint density at radius 3 is 2.47 bits per heavy atom. The fourth-order valence-electron chi connectivity index (χ4n) is 2.25. The van der Waals surface area contributed by atoms with Gasteiger partial charge in [0.1, 0.15) is 0 Å². The predicted octanol–water partition coefficient (Wildman–Crippen LogP) is 3.35. The van der Waals surface area contributed by atoms with Crippen molar-refractivity contribution in [1.82, 2.24) is 15.1 Å². The van der Waals surface area contributed by atoms with Gasteiger partial charge in [-0.3, -0.25) is 4.68 Å². The van der Waals surface area contributed by atoms with Crippen molar-refractivity contribution in [3.8, 4) is 0 Å². The van der Waals surface area contributed by atoms with E-state index in [-0.39, 0.29) is 6.04 Å². The lowest BCUT2D eigenvalue weighted by Gasteiger charge is -2.20. The molecule has 102 valence electrons. The van der Waals surface area contributed by atoms with Gasteiger partial charge in [0, 0.05) is 6.54 Å². The van der Waals surface area contributed by atoms with Crippen LogP contribution in [0.3, 0.4) is 0 Å². The maximum absolute atomic E-state index is 6.26. The highest BCUT2D eigenvalue weighted by atomic mass is 35.5. The number of hydrogen-bond donors (Lipinski definition) is 1. The molecule has 1 aromatic heterocycles. The van der Waals surface area contributed by atoms with Gasteiger partial charge in [0.05, 0.1) is 22.5 Å². The van der Waals surface area contributed by atoms with Gasteiger partial charge in [-0.1, -0.05) is 48.9 Å². The Kier molecular flexibility index (Phi) is 4.61. The molecule has 4 heteroatoms. The van der Waals surface area contributed by atoms with Crippen LogP contribution in [0.15, 0.2) is 30.3 Å². The van der Waals surface area contributed by atoms with Gasteiger partial charge in [-0.15, -0.1) is 0 Å². The zero-order valence-electron chi connectivity index (χ0n) is 11.7. The van der Waals surface area contributed by atoms with E-state index in [2.05, 4.69) is 41.6 Å². The summed E-state index contributed by atoms with van der Waals surface area (Å²) in [5.74, 6) is 0. The van der Waals surface area contributed by atoms with E-state index in [0.717, 1.165) is 29.5 Å². The van der Waals surface area contributed by atoms with Crippen LogP contribution in [0.25, 0.3) is 0 Å². The quantitative estimate of drug-likeness (QED) is 0.908. The Bertz CT molecular complexity index is 534. The molecular formula is C15H20ClN3. The number of rotatable bonds is 5. The van der Waals surface area contributed by atoms with E-state index in [1.54, 1.807) is 0 Å². The first-order valence-electron chi connectivity index (χ1n) is 6.62. The lowest BCUT2D eigenvalue weighted by molar-refractivity contribution is 0.476. The van der Waals surface area contributed by atoms with Gasteiger partial charge in [-0.05, 0) is 26.0 Å². The third kappa shape index (κ3) is 2.99. The molecule has 0 fully saturated rings. The minimum atomic E-state index is 0.173. The number of hydrogen-bond acceptors (Lipinski definition) is 2. The topological polar surface area (TPSA) is 29.9 Å². The van der Waals surface area contributed by atoms with Crippen molar-refractivity contribution in [3.63, 3.8) is 0 Å². The van der Waals surface area contributed by atoms with Crippen molar-refractivity contribution in [2.24, 2.45) is 0 Å². The minimum Gasteiger partial charge on any atom is -0.315 e. The zero-order valence-corrected chi connectivity index (χ0v) is 12.4. The fraction of sp³-hybridized carbons (Fsp3) is 0.400. The summed E-state index contributed by atoms with van der Waals surface area (Å²) in [6.07, 6.45) is 0. The number of aromatic nitrogens is 2. The highest BCUT2D eigenvalue weighted by molar-refractivity contribution is 6.31. The maximum atomic E-state index is 6.26. The molecule has 19 heavy (non-hydrogen) atoms. The van der Waals surface area contributed by atoms with E-state index in [1.807, 2.05) is 24.6 Å². The minimum absolute atomic E-state index is 0.173. The van der Waals surface area contributed by atoms with Crippen molar-refractivity contribution < 1.29 is 0 Å². The number of nitrogens with zero attached hydrogens (tertiary/aromatic N) is 2. The van der Waals surface area contributed by atoms with Crippen molar-refractivity contribution >= 4 is 11.6 Å². The second-order valence-corrected chi connectivity index (χ2v) is 5.04. The molecule has 2 aromatic rings. The SMILES string of the molecule is CCNCC(c1ccccc1)n1nc(C)c(Cl)c1C. The summed E-state index contributed by atoms with van der Waals surface area (Å²) in [5, 5.41) is 8.74. The Balaban J connectivity index is 2.40. The first kappa shape index (κ1) is 14.1. The molecular weight excluding hydrogens is 258 g/mol. The molecule has 3 nitrogen and oxygen atoms in total. The Morgan fingerprint density at radius 1 is 1.26 bits per heavy atom. The summed E-state index contributed by atoms with van der Waals surface area (Å²) in [4.78, 5) is 0. The molecule has 0 saturated carbocycles. The van der Waals surface area contributed by atoms with Crippen LogP contribution in [0.4, 0.5) is 0 Å². The summed E-state index contributed by atoms with van der Waals surface area (Å²) >= 11 is 6.26. The molecule has 0 aliphatic carbocycles. The number of nitrogens with one attached hydrogen (secondary N) is 1. The molecule has 1 heterocycles. The number of aryl methyl sites for hydroxylation is 1. The first-order valence-corrected chi connectivity index (χ1v) is 6.99. The predicted molar refractivity (Wildman–Crippen MR) is 79.8 cm³/mol. The van der Waals surface area contributed by atoms with Crippen LogP contribution < -0.4 is 5.32 Å². The second kappa shape index (κ2) is 6.22. The second-order valence-electron chi connectivity index (χ2n) is 4.66. The Morgan fingerprint density at radius 2 is 1.95 bits per heavy atom. The van der Waals surface area contributed by atoms with Crippen molar-refractivity contribution in [3.05, 3.63) is 52.3 Å². The van der Waals surface area contributed by atoms with Gasteiger partial charge in [0.15, 0.2) is 0 Å². The Hall–Kier alpha value is -1.32. The van der Waals surface area contributed by atoms with Gasteiger partial charge < -0.3 is 5.32 Å². The van der Waals surface area contributed by atoms with Gasteiger partial charge in [0.2, 0.25) is 0 Å². The van der Waals surface area contributed by atoms with Crippen LogP contribution in [0.1, 0.15) is 29.9 Å². The van der Waals surface area contributed by atoms with Gasteiger partial charge >= 0.3 is 0 Å². The van der Waals surface area contributed by atoms with Gasteiger partial charge in [-0.25, -0.2) is 0 Å². The van der Waals surface area contributed by atoms with E-state index in [9.17, 15) is 0 Å². The number of halogens is 1.